The Hall–Kier alpha value is -1.08. The molecule has 2 aromatic rings. The zero-order valence-electron chi connectivity index (χ0n) is 10.8. The predicted octanol–water partition coefficient (Wildman–Crippen LogP) is 2.63. The highest BCUT2D eigenvalue weighted by Gasteiger charge is 2.07. The van der Waals surface area contributed by atoms with Gasteiger partial charge in [-0.15, -0.1) is 10.2 Å². The van der Waals surface area contributed by atoms with Crippen LogP contribution >= 0.6 is 23.1 Å². The number of nitrogens with one attached hydrogen (secondary N) is 1. The zero-order chi connectivity index (χ0) is 13.0. The van der Waals surface area contributed by atoms with Gasteiger partial charge < -0.3 is 9.88 Å². The summed E-state index contributed by atoms with van der Waals surface area (Å²) in [6.45, 7) is 5.27. The van der Waals surface area contributed by atoms with Gasteiger partial charge in [-0.05, 0) is 5.92 Å². The molecule has 0 aliphatic rings. The monoisotopic (exact) mass is 283 g/mol. The fourth-order valence-corrected chi connectivity index (χ4v) is 3.06. The average molecular weight is 283 g/mol. The van der Waals surface area contributed by atoms with E-state index >= 15 is 0 Å². The second-order valence-electron chi connectivity index (χ2n) is 4.39. The van der Waals surface area contributed by atoms with Crippen molar-refractivity contribution in [3.63, 3.8) is 0 Å². The van der Waals surface area contributed by atoms with Crippen LogP contribution in [0.5, 0.6) is 0 Å². The van der Waals surface area contributed by atoms with Crippen LogP contribution in [0.15, 0.2) is 16.7 Å². The van der Waals surface area contributed by atoms with Gasteiger partial charge in [0, 0.05) is 26.0 Å². The van der Waals surface area contributed by atoms with E-state index in [1.807, 2.05) is 24.0 Å². The minimum Gasteiger partial charge on any atom is -0.360 e. The van der Waals surface area contributed by atoms with Gasteiger partial charge in [0.15, 0.2) is 4.34 Å². The number of imidazole rings is 1. The Morgan fingerprint density at radius 2 is 2.28 bits per heavy atom. The van der Waals surface area contributed by atoms with Crippen LogP contribution in [0.4, 0.5) is 5.13 Å². The number of thioether (sulfide) groups is 1. The van der Waals surface area contributed by atoms with Gasteiger partial charge in [0.2, 0.25) is 5.13 Å². The number of anilines is 1. The van der Waals surface area contributed by atoms with Crippen molar-refractivity contribution in [1.82, 2.24) is 19.7 Å². The molecule has 0 amide bonds. The summed E-state index contributed by atoms with van der Waals surface area (Å²) in [5.74, 6) is 2.48. The minimum absolute atomic E-state index is 0.609. The molecule has 18 heavy (non-hydrogen) atoms. The van der Waals surface area contributed by atoms with E-state index in [4.69, 9.17) is 0 Å². The molecule has 1 N–H and O–H groups in total. The van der Waals surface area contributed by atoms with Crippen LogP contribution in [-0.4, -0.2) is 26.3 Å². The van der Waals surface area contributed by atoms with Crippen LogP contribution in [0, 0.1) is 5.92 Å². The van der Waals surface area contributed by atoms with E-state index in [2.05, 4.69) is 34.3 Å². The summed E-state index contributed by atoms with van der Waals surface area (Å²) in [7, 11) is 2.00. The van der Waals surface area contributed by atoms with E-state index < -0.39 is 0 Å². The lowest BCUT2D eigenvalue weighted by molar-refractivity contribution is 0.687. The third-order valence-corrected chi connectivity index (χ3v) is 4.32. The fraction of sp³-hybridized carbons (Fsp3) is 0.545. The molecule has 0 bridgehead atoms. The normalized spacial score (nSPS) is 11.1. The Kier molecular flexibility index (Phi) is 4.60. The number of rotatable bonds is 6. The summed E-state index contributed by atoms with van der Waals surface area (Å²) in [4.78, 5) is 4.28. The zero-order valence-corrected chi connectivity index (χ0v) is 12.4. The van der Waals surface area contributed by atoms with Gasteiger partial charge in [-0.2, -0.15) is 0 Å². The molecule has 7 heteroatoms. The fourth-order valence-electron chi connectivity index (χ4n) is 1.29. The number of hydrogen-bond acceptors (Lipinski definition) is 6. The van der Waals surface area contributed by atoms with Crippen molar-refractivity contribution in [1.29, 1.82) is 0 Å². The van der Waals surface area contributed by atoms with E-state index in [-0.39, 0.29) is 0 Å². The van der Waals surface area contributed by atoms with Crippen molar-refractivity contribution in [2.45, 2.75) is 23.9 Å². The van der Waals surface area contributed by atoms with Crippen molar-refractivity contribution in [2.24, 2.45) is 13.0 Å². The molecule has 5 nitrogen and oxygen atoms in total. The third kappa shape index (κ3) is 3.71. The first kappa shape index (κ1) is 13.4. The summed E-state index contributed by atoms with van der Waals surface area (Å²) < 4.78 is 3.00. The molecule has 0 saturated heterocycles. The first-order valence-electron chi connectivity index (χ1n) is 5.81. The maximum atomic E-state index is 4.28. The molecule has 2 heterocycles. The lowest BCUT2D eigenvalue weighted by atomic mass is 10.2. The van der Waals surface area contributed by atoms with Gasteiger partial charge in [0.05, 0.1) is 5.75 Å². The summed E-state index contributed by atoms with van der Waals surface area (Å²) in [6, 6.07) is 0. The van der Waals surface area contributed by atoms with Gasteiger partial charge in [0.25, 0.3) is 0 Å². The minimum atomic E-state index is 0.609. The molecular weight excluding hydrogens is 266 g/mol. The summed E-state index contributed by atoms with van der Waals surface area (Å²) in [5, 5.41) is 12.4. The van der Waals surface area contributed by atoms with Crippen LogP contribution in [0.25, 0.3) is 0 Å². The summed E-state index contributed by atoms with van der Waals surface area (Å²) in [6.07, 6.45) is 3.76. The molecule has 0 atom stereocenters. The molecule has 0 fully saturated rings. The molecule has 0 aliphatic heterocycles. The standard InChI is InChI=1S/C11H17N5S2/c1-8(2)6-13-10-14-15-11(18-10)17-7-9-12-4-5-16(9)3/h4-5,8H,6-7H2,1-3H3,(H,13,14). The van der Waals surface area contributed by atoms with Crippen molar-refractivity contribution in [3.05, 3.63) is 18.2 Å². The molecule has 2 aromatic heterocycles. The quantitative estimate of drug-likeness (QED) is 0.826. The second kappa shape index (κ2) is 6.19. The van der Waals surface area contributed by atoms with Gasteiger partial charge in [-0.3, -0.25) is 0 Å². The maximum Gasteiger partial charge on any atom is 0.206 e. The Balaban J connectivity index is 1.85. The van der Waals surface area contributed by atoms with Crippen LogP contribution in [0.3, 0.4) is 0 Å². The first-order valence-corrected chi connectivity index (χ1v) is 7.61. The Morgan fingerprint density at radius 1 is 1.44 bits per heavy atom. The van der Waals surface area contributed by atoms with Crippen LogP contribution in [-0.2, 0) is 12.8 Å². The predicted molar refractivity (Wildman–Crippen MR) is 76.0 cm³/mol. The molecule has 0 unspecified atom stereocenters. The van der Waals surface area contributed by atoms with Crippen LogP contribution in [0.2, 0.25) is 0 Å². The van der Waals surface area contributed by atoms with E-state index in [9.17, 15) is 0 Å². The number of aryl methyl sites for hydroxylation is 1. The highest BCUT2D eigenvalue weighted by atomic mass is 32.2. The van der Waals surface area contributed by atoms with E-state index in [0.717, 1.165) is 27.6 Å². The molecule has 0 radical (unpaired) electrons. The number of aromatic nitrogens is 4. The molecule has 0 aliphatic carbocycles. The average Bonchev–Trinajstić information content (AvgIpc) is 2.93. The van der Waals surface area contributed by atoms with Gasteiger partial charge in [-0.25, -0.2) is 4.98 Å². The molecule has 98 valence electrons. The second-order valence-corrected chi connectivity index (χ2v) is 6.59. The Morgan fingerprint density at radius 3 is 2.94 bits per heavy atom. The molecule has 0 aromatic carbocycles. The molecule has 0 spiro atoms. The smallest absolute Gasteiger partial charge is 0.206 e. The van der Waals surface area contributed by atoms with E-state index in [1.165, 1.54) is 0 Å². The summed E-state index contributed by atoms with van der Waals surface area (Å²) in [5.41, 5.74) is 0. The van der Waals surface area contributed by atoms with E-state index in [0.29, 0.717) is 5.92 Å². The topological polar surface area (TPSA) is 55.6 Å². The van der Waals surface area contributed by atoms with Crippen molar-refractivity contribution in [3.8, 4) is 0 Å². The van der Waals surface area contributed by atoms with Crippen molar-refractivity contribution in [2.75, 3.05) is 11.9 Å². The Labute approximate surface area is 115 Å². The van der Waals surface area contributed by atoms with Crippen LogP contribution < -0.4 is 5.32 Å². The summed E-state index contributed by atoms with van der Waals surface area (Å²) >= 11 is 3.26. The highest BCUT2D eigenvalue weighted by molar-refractivity contribution is 8.00. The SMILES string of the molecule is CC(C)CNc1nnc(SCc2nccn2C)s1. The molecule has 0 saturated carbocycles. The Bertz CT molecular complexity index is 491. The van der Waals surface area contributed by atoms with Gasteiger partial charge >= 0.3 is 0 Å². The van der Waals surface area contributed by atoms with Gasteiger partial charge in [0.1, 0.15) is 5.82 Å². The molecule has 2 rings (SSSR count). The van der Waals surface area contributed by atoms with Gasteiger partial charge in [-0.1, -0.05) is 36.9 Å². The maximum absolute atomic E-state index is 4.28. The van der Waals surface area contributed by atoms with Crippen molar-refractivity contribution >= 4 is 28.2 Å². The van der Waals surface area contributed by atoms with Crippen molar-refractivity contribution < 1.29 is 0 Å². The van der Waals surface area contributed by atoms with E-state index in [1.54, 1.807) is 23.1 Å². The molecular formula is C11H17N5S2. The van der Waals surface area contributed by atoms with Crippen LogP contribution in [0.1, 0.15) is 19.7 Å². The lowest BCUT2D eigenvalue weighted by Crippen LogP contribution is -2.07. The third-order valence-electron chi connectivity index (χ3n) is 2.31. The first-order chi connectivity index (χ1) is 8.65. The number of hydrogen-bond donors (Lipinski definition) is 1. The lowest BCUT2D eigenvalue weighted by Gasteiger charge is -2.03. The largest absolute Gasteiger partial charge is 0.360 e. The highest BCUT2D eigenvalue weighted by Crippen LogP contribution is 2.27. The number of nitrogens with zero attached hydrogens (tertiary/aromatic N) is 4.